The third-order valence-electron chi connectivity index (χ3n) is 3.14. The van der Waals surface area contributed by atoms with Crippen LogP contribution in [0.2, 0.25) is 0 Å². The zero-order valence-electron chi connectivity index (χ0n) is 10.3. The molecular formula is C12H22N4. The standard InChI is InChI=1S/C12H22N4/c1-3-4-10(2)7-13-8-12-15-14-9-16(12)11-5-6-11/h9-11,13H,3-8H2,1-2H3. The van der Waals surface area contributed by atoms with Gasteiger partial charge in [0.1, 0.15) is 12.2 Å². The van der Waals surface area contributed by atoms with E-state index in [1.807, 2.05) is 6.33 Å². The largest absolute Gasteiger partial charge is 0.313 e. The number of hydrogen-bond acceptors (Lipinski definition) is 3. The minimum absolute atomic E-state index is 0.680. The van der Waals surface area contributed by atoms with Crippen molar-refractivity contribution in [2.24, 2.45) is 5.92 Å². The Morgan fingerprint density at radius 1 is 1.56 bits per heavy atom. The molecule has 1 fully saturated rings. The van der Waals surface area contributed by atoms with Gasteiger partial charge in [-0.15, -0.1) is 10.2 Å². The van der Waals surface area contributed by atoms with E-state index in [0.29, 0.717) is 6.04 Å². The third-order valence-corrected chi connectivity index (χ3v) is 3.14. The van der Waals surface area contributed by atoms with Crippen molar-refractivity contribution in [3.63, 3.8) is 0 Å². The van der Waals surface area contributed by atoms with Crippen LogP contribution in [0.3, 0.4) is 0 Å². The number of hydrogen-bond donors (Lipinski definition) is 1. The first-order chi connectivity index (χ1) is 7.81. The van der Waals surface area contributed by atoms with Gasteiger partial charge in [-0.2, -0.15) is 0 Å². The summed E-state index contributed by atoms with van der Waals surface area (Å²) in [5.74, 6) is 1.84. The highest BCUT2D eigenvalue weighted by Gasteiger charge is 2.25. The van der Waals surface area contributed by atoms with Gasteiger partial charge in [0.05, 0.1) is 6.54 Å². The fourth-order valence-electron chi connectivity index (χ4n) is 2.08. The van der Waals surface area contributed by atoms with Crippen LogP contribution in [0.4, 0.5) is 0 Å². The topological polar surface area (TPSA) is 42.7 Å². The highest BCUT2D eigenvalue weighted by atomic mass is 15.3. The maximum absolute atomic E-state index is 4.17. The molecule has 1 aliphatic carbocycles. The van der Waals surface area contributed by atoms with Crippen LogP contribution in [0.25, 0.3) is 0 Å². The molecule has 0 aliphatic heterocycles. The molecular weight excluding hydrogens is 200 g/mol. The normalized spacial score (nSPS) is 17.6. The summed E-state index contributed by atoms with van der Waals surface area (Å²) in [4.78, 5) is 0. The highest BCUT2D eigenvalue weighted by molar-refractivity contribution is 4.94. The molecule has 1 unspecified atom stereocenters. The Balaban J connectivity index is 1.74. The lowest BCUT2D eigenvalue weighted by Gasteiger charge is -2.11. The fraction of sp³-hybridized carbons (Fsp3) is 0.833. The minimum Gasteiger partial charge on any atom is -0.313 e. The molecule has 0 amide bonds. The van der Waals surface area contributed by atoms with E-state index in [2.05, 4.69) is 33.9 Å². The zero-order valence-corrected chi connectivity index (χ0v) is 10.3. The summed E-state index contributed by atoms with van der Waals surface area (Å²) in [6, 6.07) is 0.680. The van der Waals surface area contributed by atoms with Gasteiger partial charge >= 0.3 is 0 Å². The van der Waals surface area contributed by atoms with E-state index in [4.69, 9.17) is 0 Å². The number of nitrogens with zero attached hydrogens (tertiary/aromatic N) is 3. The van der Waals surface area contributed by atoms with Crippen LogP contribution in [0.5, 0.6) is 0 Å². The van der Waals surface area contributed by atoms with Gasteiger partial charge in [0.2, 0.25) is 0 Å². The second kappa shape index (κ2) is 5.43. The van der Waals surface area contributed by atoms with Crippen molar-refractivity contribution in [3.05, 3.63) is 12.2 Å². The predicted octanol–water partition coefficient (Wildman–Crippen LogP) is 2.14. The summed E-state index contributed by atoms with van der Waals surface area (Å²) < 4.78 is 2.22. The second-order valence-corrected chi connectivity index (χ2v) is 4.91. The van der Waals surface area contributed by atoms with Crippen molar-refractivity contribution in [1.29, 1.82) is 0 Å². The Hall–Kier alpha value is -0.900. The summed E-state index contributed by atoms with van der Waals surface area (Å²) in [6.45, 7) is 6.46. The average Bonchev–Trinajstić information content (AvgIpc) is 3.00. The Kier molecular flexibility index (Phi) is 3.93. The van der Waals surface area contributed by atoms with Gasteiger partial charge in [0, 0.05) is 6.04 Å². The van der Waals surface area contributed by atoms with E-state index in [1.165, 1.54) is 25.7 Å². The Morgan fingerprint density at radius 3 is 3.06 bits per heavy atom. The molecule has 16 heavy (non-hydrogen) atoms. The lowest BCUT2D eigenvalue weighted by Crippen LogP contribution is -2.22. The van der Waals surface area contributed by atoms with E-state index in [1.54, 1.807) is 0 Å². The van der Waals surface area contributed by atoms with Gasteiger partial charge in [-0.25, -0.2) is 0 Å². The van der Waals surface area contributed by atoms with Crippen molar-refractivity contribution >= 4 is 0 Å². The van der Waals surface area contributed by atoms with Gasteiger partial charge in [-0.05, 0) is 31.7 Å². The summed E-state index contributed by atoms with van der Waals surface area (Å²) >= 11 is 0. The SMILES string of the molecule is CCCC(C)CNCc1nncn1C1CC1. The first-order valence-electron chi connectivity index (χ1n) is 6.40. The van der Waals surface area contributed by atoms with Gasteiger partial charge in [0.15, 0.2) is 0 Å². The molecule has 4 nitrogen and oxygen atoms in total. The van der Waals surface area contributed by atoms with Crippen molar-refractivity contribution < 1.29 is 0 Å². The number of aromatic nitrogens is 3. The highest BCUT2D eigenvalue weighted by Crippen LogP contribution is 2.35. The lowest BCUT2D eigenvalue weighted by atomic mass is 10.1. The molecule has 0 bridgehead atoms. The molecule has 0 saturated heterocycles. The van der Waals surface area contributed by atoms with Crippen LogP contribution in [0, 0.1) is 5.92 Å². The van der Waals surface area contributed by atoms with E-state index < -0.39 is 0 Å². The molecule has 90 valence electrons. The van der Waals surface area contributed by atoms with Crippen molar-refractivity contribution in [2.45, 2.75) is 52.1 Å². The first-order valence-corrected chi connectivity index (χ1v) is 6.40. The summed E-state index contributed by atoms with van der Waals surface area (Å²) in [7, 11) is 0. The molecule has 0 radical (unpaired) electrons. The van der Waals surface area contributed by atoms with E-state index in [9.17, 15) is 0 Å². The Morgan fingerprint density at radius 2 is 2.38 bits per heavy atom. The minimum atomic E-state index is 0.680. The molecule has 2 rings (SSSR count). The molecule has 1 aromatic heterocycles. The molecule has 1 saturated carbocycles. The Bertz CT molecular complexity index is 317. The van der Waals surface area contributed by atoms with Gasteiger partial charge in [0.25, 0.3) is 0 Å². The lowest BCUT2D eigenvalue weighted by molar-refractivity contribution is 0.466. The molecule has 4 heteroatoms. The molecule has 1 atom stereocenters. The predicted molar refractivity (Wildman–Crippen MR) is 64.1 cm³/mol. The van der Waals surface area contributed by atoms with Crippen LogP contribution >= 0.6 is 0 Å². The van der Waals surface area contributed by atoms with Crippen molar-refractivity contribution in [3.8, 4) is 0 Å². The maximum atomic E-state index is 4.17. The number of nitrogens with one attached hydrogen (secondary N) is 1. The summed E-state index contributed by atoms with van der Waals surface area (Å²) in [6.07, 6.45) is 7.00. The van der Waals surface area contributed by atoms with Crippen molar-refractivity contribution in [1.82, 2.24) is 20.1 Å². The van der Waals surface area contributed by atoms with Gasteiger partial charge in [-0.1, -0.05) is 20.3 Å². The van der Waals surface area contributed by atoms with Crippen LogP contribution in [-0.2, 0) is 6.54 Å². The molecule has 1 aliphatic rings. The van der Waals surface area contributed by atoms with Gasteiger partial charge in [-0.3, -0.25) is 0 Å². The fourth-order valence-corrected chi connectivity index (χ4v) is 2.08. The van der Waals surface area contributed by atoms with E-state index >= 15 is 0 Å². The molecule has 1 N–H and O–H groups in total. The van der Waals surface area contributed by atoms with E-state index in [-0.39, 0.29) is 0 Å². The summed E-state index contributed by atoms with van der Waals surface area (Å²) in [5, 5.41) is 11.6. The van der Waals surface area contributed by atoms with E-state index in [0.717, 1.165) is 24.8 Å². The van der Waals surface area contributed by atoms with Crippen LogP contribution in [0.15, 0.2) is 6.33 Å². The molecule has 1 aromatic rings. The van der Waals surface area contributed by atoms with Crippen molar-refractivity contribution in [2.75, 3.05) is 6.54 Å². The smallest absolute Gasteiger partial charge is 0.147 e. The Labute approximate surface area is 97.5 Å². The molecule has 0 spiro atoms. The summed E-state index contributed by atoms with van der Waals surface area (Å²) in [5.41, 5.74) is 0. The average molecular weight is 222 g/mol. The number of rotatable bonds is 7. The van der Waals surface area contributed by atoms with Crippen LogP contribution < -0.4 is 5.32 Å². The maximum Gasteiger partial charge on any atom is 0.147 e. The van der Waals surface area contributed by atoms with Crippen LogP contribution in [0.1, 0.15) is 51.4 Å². The second-order valence-electron chi connectivity index (χ2n) is 4.91. The monoisotopic (exact) mass is 222 g/mol. The van der Waals surface area contributed by atoms with Crippen LogP contribution in [-0.4, -0.2) is 21.3 Å². The van der Waals surface area contributed by atoms with Gasteiger partial charge < -0.3 is 9.88 Å². The quantitative estimate of drug-likeness (QED) is 0.768. The third kappa shape index (κ3) is 3.04. The molecule has 1 heterocycles. The zero-order chi connectivity index (χ0) is 11.4. The first kappa shape index (κ1) is 11.6. The molecule has 0 aromatic carbocycles.